The van der Waals surface area contributed by atoms with E-state index in [1.54, 1.807) is 6.20 Å². The number of carbonyl (C=O) groups is 1. The molecular formula is C29H34N8O3. The van der Waals surface area contributed by atoms with Crippen molar-refractivity contribution in [1.29, 1.82) is 0 Å². The summed E-state index contributed by atoms with van der Waals surface area (Å²) in [6.45, 7) is 5.27. The minimum absolute atomic E-state index is 0.334. The van der Waals surface area contributed by atoms with Crippen LogP contribution < -0.4 is 30.9 Å². The summed E-state index contributed by atoms with van der Waals surface area (Å²) in [6, 6.07) is 13.9. The fourth-order valence-electron chi connectivity index (χ4n) is 4.41. The van der Waals surface area contributed by atoms with E-state index in [0.717, 1.165) is 49.4 Å². The van der Waals surface area contributed by atoms with Crippen molar-refractivity contribution < 1.29 is 14.3 Å². The lowest BCUT2D eigenvalue weighted by Gasteiger charge is -2.26. The number of aliphatic imine (C=N–C) groups is 1. The van der Waals surface area contributed by atoms with Crippen LogP contribution in [0.1, 0.15) is 12.0 Å². The number of aromatic nitrogens is 2. The van der Waals surface area contributed by atoms with E-state index in [0.29, 0.717) is 55.1 Å². The van der Waals surface area contributed by atoms with Crippen molar-refractivity contribution >= 4 is 29.6 Å². The maximum absolute atomic E-state index is 11.3. The van der Waals surface area contributed by atoms with Gasteiger partial charge in [0.05, 0.1) is 19.4 Å². The molecule has 1 amide bonds. The lowest BCUT2D eigenvalue weighted by molar-refractivity contribution is -0.108. The van der Waals surface area contributed by atoms with Gasteiger partial charge in [-0.15, -0.1) is 0 Å². The predicted molar refractivity (Wildman–Crippen MR) is 156 cm³/mol. The van der Waals surface area contributed by atoms with Crippen molar-refractivity contribution in [2.45, 2.75) is 13.0 Å². The number of hydrogen-bond donors (Lipinski definition) is 3. The van der Waals surface area contributed by atoms with E-state index < -0.39 is 0 Å². The van der Waals surface area contributed by atoms with Crippen LogP contribution in [-0.4, -0.2) is 68.7 Å². The Morgan fingerprint density at radius 3 is 2.58 bits per heavy atom. The van der Waals surface area contributed by atoms with Gasteiger partial charge in [-0.3, -0.25) is 4.79 Å². The minimum atomic E-state index is 0.334. The third-order valence-corrected chi connectivity index (χ3v) is 6.65. The third kappa shape index (κ3) is 6.63. The van der Waals surface area contributed by atoms with Crippen LogP contribution in [0, 0.1) is 0 Å². The molecule has 5 rings (SSSR count). The number of amidine groups is 1. The summed E-state index contributed by atoms with van der Waals surface area (Å²) in [4.78, 5) is 29.1. The molecule has 0 radical (unpaired) electrons. The summed E-state index contributed by atoms with van der Waals surface area (Å²) in [5.74, 6) is 2.02. The lowest BCUT2D eigenvalue weighted by Crippen LogP contribution is -2.37. The SMILES string of the molecule is CN(/C=C1/Oc2cc(-c3cnc(N4CCOCC4)nc3)ccc2N=C1NC=O)c1ccc(CNCCCN)cc1. The number of amides is 1. The summed E-state index contributed by atoms with van der Waals surface area (Å²) in [5.41, 5.74) is 10.1. The van der Waals surface area contributed by atoms with Crippen molar-refractivity contribution in [2.75, 3.05) is 56.2 Å². The van der Waals surface area contributed by atoms with Crippen LogP contribution in [0.2, 0.25) is 0 Å². The van der Waals surface area contributed by atoms with Crippen molar-refractivity contribution in [2.24, 2.45) is 10.7 Å². The molecule has 0 atom stereocenters. The van der Waals surface area contributed by atoms with E-state index in [1.165, 1.54) is 5.56 Å². The molecule has 0 saturated carbocycles. The maximum atomic E-state index is 11.3. The lowest BCUT2D eigenvalue weighted by atomic mass is 10.1. The molecule has 1 fully saturated rings. The molecule has 3 aromatic rings. The first-order valence-corrected chi connectivity index (χ1v) is 13.4. The van der Waals surface area contributed by atoms with Gasteiger partial charge < -0.3 is 35.6 Å². The van der Waals surface area contributed by atoms with Crippen molar-refractivity contribution in [3.05, 3.63) is 72.4 Å². The average molecular weight is 543 g/mol. The molecule has 11 nitrogen and oxygen atoms in total. The molecule has 40 heavy (non-hydrogen) atoms. The molecule has 0 spiro atoms. The van der Waals surface area contributed by atoms with Crippen LogP contribution in [0.3, 0.4) is 0 Å². The Labute approximate surface area is 233 Å². The fourth-order valence-corrected chi connectivity index (χ4v) is 4.41. The molecule has 0 unspecified atom stereocenters. The van der Waals surface area contributed by atoms with Crippen molar-refractivity contribution in [3.63, 3.8) is 0 Å². The number of carbonyl (C=O) groups excluding carboxylic acids is 1. The summed E-state index contributed by atoms with van der Waals surface area (Å²) < 4.78 is 11.7. The van der Waals surface area contributed by atoms with Gasteiger partial charge in [0, 0.05) is 50.3 Å². The predicted octanol–water partition coefficient (Wildman–Crippen LogP) is 2.56. The highest BCUT2D eigenvalue weighted by Gasteiger charge is 2.21. The molecule has 1 aromatic heterocycles. The second-order valence-corrected chi connectivity index (χ2v) is 9.47. The number of hydrogen-bond acceptors (Lipinski definition) is 10. The standard InChI is InChI=1S/C29H34N8O3/c1-36(24-6-3-21(4-7-24)16-31-10-2-9-30)19-27-28(34-20-38)35-25-8-5-22(15-26(25)40-27)23-17-32-29(33-18-23)37-11-13-39-14-12-37/h3-8,15,17-20,31H,2,9-14,16,30H2,1H3,(H,34,35,38)/b27-19+. The van der Waals surface area contributed by atoms with E-state index in [1.807, 2.05) is 54.7 Å². The van der Waals surface area contributed by atoms with Crippen molar-refractivity contribution in [1.82, 2.24) is 20.6 Å². The highest BCUT2D eigenvalue weighted by Crippen LogP contribution is 2.37. The van der Waals surface area contributed by atoms with Crippen LogP contribution in [0.5, 0.6) is 5.75 Å². The molecule has 0 bridgehead atoms. The molecule has 11 heteroatoms. The van der Waals surface area contributed by atoms with Gasteiger partial charge in [-0.1, -0.05) is 18.2 Å². The maximum Gasteiger partial charge on any atom is 0.225 e. The largest absolute Gasteiger partial charge is 0.450 e. The Hall–Kier alpha value is -4.32. The van der Waals surface area contributed by atoms with Gasteiger partial charge in [0.15, 0.2) is 17.3 Å². The van der Waals surface area contributed by atoms with Crippen LogP contribution in [-0.2, 0) is 16.1 Å². The highest BCUT2D eigenvalue weighted by atomic mass is 16.5. The quantitative estimate of drug-likeness (QED) is 0.261. The van der Waals surface area contributed by atoms with Gasteiger partial charge in [0.1, 0.15) is 5.69 Å². The number of nitrogens with one attached hydrogen (secondary N) is 2. The number of benzene rings is 2. The topological polar surface area (TPSA) is 130 Å². The average Bonchev–Trinajstić information content (AvgIpc) is 3.00. The number of fused-ring (bicyclic) bond motifs is 1. The van der Waals surface area contributed by atoms with E-state index >= 15 is 0 Å². The van der Waals surface area contributed by atoms with E-state index in [9.17, 15) is 4.79 Å². The number of nitrogens with two attached hydrogens (primary N) is 1. The van der Waals surface area contributed by atoms with Gasteiger partial charge in [0.25, 0.3) is 0 Å². The smallest absolute Gasteiger partial charge is 0.225 e. The van der Waals surface area contributed by atoms with E-state index in [-0.39, 0.29) is 0 Å². The molecule has 4 N–H and O–H groups in total. The Morgan fingerprint density at radius 1 is 1.07 bits per heavy atom. The molecule has 0 aliphatic carbocycles. The summed E-state index contributed by atoms with van der Waals surface area (Å²) in [7, 11) is 1.92. The van der Waals surface area contributed by atoms with Crippen molar-refractivity contribution in [3.8, 4) is 16.9 Å². The second kappa shape index (κ2) is 13.2. The molecule has 2 aliphatic rings. The minimum Gasteiger partial charge on any atom is -0.450 e. The first-order chi connectivity index (χ1) is 19.6. The molecule has 1 saturated heterocycles. The monoisotopic (exact) mass is 542 g/mol. The molecule has 208 valence electrons. The van der Waals surface area contributed by atoms with Crippen LogP contribution in [0.4, 0.5) is 17.3 Å². The second-order valence-electron chi connectivity index (χ2n) is 9.47. The van der Waals surface area contributed by atoms with Crippen LogP contribution in [0.25, 0.3) is 11.1 Å². The van der Waals surface area contributed by atoms with Gasteiger partial charge in [-0.05, 0) is 54.9 Å². The first kappa shape index (κ1) is 27.3. The Morgan fingerprint density at radius 2 is 1.85 bits per heavy atom. The normalized spacial score (nSPS) is 15.7. The Bertz CT molecular complexity index is 1350. The Balaban J connectivity index is 1.32. The van der Waals surface area contributed by atoms with Crippen LogP contribution >= 0.6 is 0 Å². The molecular weight excluding hydrogens is 508 g/mol. The molecule has 2 aliphatic heterocycles. The van der Waals surface area contributed by atoms with Gasteiger partial charge in [-0.25, -0.2) is 15.0 Å². The summed E-state index contributed by atoms with van der Waals surface area (Å²) in [5, 5.41) is 6.04. The zero-order valence-electron chi connectivity index (χ0n) is 22.5. The molecule has 2 aromatic carbocycles. The van der Waals surface area contributed by atoms with Crippen LogP contribution in [0.15, 0.2) is 71.8 Å². The first-order valence-electron chi connectivity index (χ1n) is 13.4. The number of anilines is 2. The number of morpholine rings is 1. The summed E-state index contributed by atoms with van der Waals surface area (Å²) >= 11 is 0. The zero-order valence-corrected chi connectivity index (χ0v) is 22.5. The number of rotatable bonds is 10. The van der Waals surface area contributed by atoms with E-state index in [4.69, 9.17) is 15.2 Å². The Kier molecular flexibility index (Phi) is 8.96. The summed E-state index contributed by atoms with van der Waals surface area (Å²) in [6.07, 6.45) is 6.97. The third-order valence-electron chi connectivity index (χ3n) is 6.65. The highest BCUT2D eigenvalue weighted by molar-refractivity contribution is 6.05. The van der Waals surface area contributed by atoms with E-state index in [2.05, 4.69) is 42.6 Å². The van der Waals surface area contributed by atoms with Gasteiger partial charge in [0.2, 0.25) is 12.4 Å². The zero-order chi connectivity index (χ0) is 27.7. The number of nitrogens with zero attached hydrogens (tertiary/aromatic N) is 5. The van der Waals surface area contributed by atoms with Gasteiger partial charge >= 0.3 is 0 Å². The fraction of sp³-hybridized carbons (Fsp3) is 0.310. The number of ether oxygens (including phenoxy) is 2. The molecule has 3 heterocycles. The van der Waals surface area contributed by atoms with Gasteiger partial charge in [-0.2, -0.15) is 0 Å².